The number of aromatic nitrogens is 1. The molecule has 118 valence electrons. The predicted octanol–water partition coefficient (Wildman–Crippen LogP) is 3.12. The van der Waals surface area contributed by atoms with E-state index in [0.717, 1.165) is 18.4 Å². The number of ether oxygens (including phenoxy) is 1. The van der Waals surface area contributed by atoms with Gasteiger partial charge in [-0.1, -0.05) is 25.5 Å². The lowest BCUT2D eigenvalue weighted by Gasteiger charge is -2.03. The van der Waals surface area contributed by atoms with Gasteiger partial charge in [0.1, 0.15) is 11.5 Å². The van der Waals surface area contributed by atoms with Crippen LogP contribution in [-0.2, 0) is 11.2 Å². The Morgan fingerprint density at radius 2 is 2.14 bits per heavy atom. The van der Waals surface area contributed by atoms with Crippen LogP contribution >= 0.6 is 0 Å². The molecule has 2 aromatic rings. The van der Waals surface area contributed by atoms with Gasteiger partial charge >= 0.3 is 0 Å². The summed E-state index contributed by atoms with van der Waals surface area (Å²) in [7, 11) is 1.61. The maximum absolute atomic E-state index is 11.9. The third-order valence-electron chi connectivity index (χ3n) is 3.41. The van der Waals surface area contributed by atoms with E-state index in [-0.39, 0.29) is 12.3 Å². The summed E-state index contributed by atoms with van der Waals surface area (Å²) >= 11 is 0. The van der Waals surface area contributed by atoms with Gasteiger partial charge in [0.2, 0.25) is 11.8 Å². The minimum atomic E-state index is -0.0311. The number of unbranched alkanes of at least 4 members (excludes halogenated alkanes) is 1. The molecule has 0 saturated carbocycles. The van der Waals surface area contributed by atoms with E-state index in [0.29, 0.717) is 29.6 Å². The first-order valence-corrected chi connectivity index (χ1v) is 7.52. The van der Waals surface area contributed by atoms with E-state index in [2.05, 4.69) is 17.2 Å². The van der Waals surface area contributed by atoms with Crippen LogP contribution in [0.25, 0.3) is 11.5 Å². The summed E-state index contributed by atoms with van der Waals surface area (Å²) in [4.78, 5) is 16.3. The first-order chi connectivity index (χ1) is 10.7. The van der Waals surface area contributed by atoms with Gasteiger partial charge in [-0.2, -0.15) is 0 Å². The van der Waals surface area contributed by atoms with Crippen LogP contribution in [0.15, 0.2) is 28.7 Å². The van der Waals surface area contributed by atoms with Crippen LogP contribution in [0.3, 0.4) is 0 Å². The molecule has 0 bridgehead atoms. The quantitative estimate of drug-likeness (QED) is 0.798. The summed E-state index contributed by atoms with van der Waals surface area (Å²) in [5.74, 6) is 1.80. The fraction of sp³-hybridized carbons (Fsp3) is 0.412. The first kappa shape index (κ1) is 16.1. The number of methoxy groups -OCH3 is 1. The standard InChI is InChI=1S/C17H22N2O3/c1-4-5-10-18-16(20)11-14-12(2)22-17(19-14)13-8-6-7-9-15(13)21-3/h6-9H,4-5,10-11H2,1-3H3,(H,18,20). The van der Waals surface area contributed by atoms with Crippen molar-refractivity contribution in [3.8, 4) is 17.2 Å². The average Bonchev–Trinajstić information content (AvgIpc) is 2.88. The summed E-state index contributed by atoms with van der Waals surface area (Å²) in [6.07, 6.45) is 2.27. The van der Waals surface area contributed by atoms with Crippen molar-refractivity contribution in [2.75, 3.05) is 13.7 Å². The molecule has 0 unspecified atom stereocenters. The van der Waals surface area contributed by atoms with Crippen LogP contribution in [0.4, 0.5) is 0 Å². The number of aryl methyl sites for hydroxylation is 1. The van der Waals surface area contributed by atoms with Crippen molar-refractivity contribution in [1.82, 2.24) is 10.3 Å². The Morgan fingerprint density at radius 1 is 1.36 bits per heavy atom. The van der Waals surface area contributed by atoms with Gasteiger partial charge in [0.25, 0.3) is 0 Å². The molecule has 0 spiro atoms. The number of benzene rings is 1. The highest BCUT2D eigenvalue weighted by molar-refractivity contribution is 5.78. The number of para-hydroxylation sites is 1. The molecule has 0 aliphatic carbocycles. The van der Waals surface area contributed by atoms with Crippen LogP contribution in [-0.4, -0.2) is 24.5 Å². The van der Waals surface area contributed by atoms with Gasteiger partial charge in [0.15, 0.2) is 0 Å². The fourth-order valence-electron chi connectivity index (χ4n) is 2.15. The second-order valence-corrected chi connectivity index (χ2v) is 5.10. The molecule has 0 fully saturated rings. The highest BCUT2D eigenvalue weighted by Gasteiger charge is 2.16. The van der Waals surface area contributed by atoms with Gasteiger partial charge in [0, 0.05) is 6.54 Å². The fourth-order valence-corrected chi connectivity index (χ4v) is 2.15. The van der Waals surface area contributed by atoms with Crippen LogP contribution in [0.1, 0.15) is 31.2 Å². The molecule has 0 atom stereocenters. The Labute approximate surface area is 130 Å². The van der Waals surface area contributed by atoms with Crippen molar-refractivity contribution in [2.24, 2.45) is 0 Å². The molecule has 1 heterocycles. The van der Waals surface area contributed by atoms with E-state index < -0.39 is 0 Å². The lowest BCUT2D eigenvalue weighted by molar-refractivity contribution is -0.120. The maximum Gasteiger partial charge on any atom is 0.230 e. The number of amides is 1. The third kappa shape index (κ3) is 3.87. The number of oxazole rings is 1. The van der Waals surface area contributed by atoms with Crippen LogP contribution in [0.2, 0.25) is 0 Å². The molecule has 0 aliphatic rings. The molecule has 1 aromatic carbocycles. The molecule has 1 aromatic heterocycles. The Morgan fingerprint density at radius 3 is 2.86 bits per heavy atom. The Bertz CT molecular complexity index is 635. The van der Waals surface area contributed by atoms with E-state index >= 15 is 0 Å². The first-order valence-electron chi connectivity index (χ1n) is 7.52. The van der Waals surface area contributed by atoms with E-state index in [9.17, 15) is 4.79 Å². The van der Waals surface area contributed by atoms with Gasteiger partial charge in [-0.25, -0.2) is 4.98 Å². The zero-order valence-electron chi connectivity index (χ0n) is 13.3. The minimum Gasteiger partial charge on any atom is -0.496 e. The minimum absolute atomic E-state index is 0.0311. The molecule has 5 nitrogen and oxygen atoms in total. The Kier molecular flexibility index (Phi) is 5.58. The predicted molar refractivity (Wildman–Crippen MR) is 84.8 cm³/mol. The topological polar surface area (TPSA) is 64.4 Å². The van der Waals surface area contributed by atoms with Crippen LogP contribution in [0.5, 0.6) is 5.75 Å². The van der Waals surface area contributed by atoms with E-state index in [1.807, 2.05) is 31.2 Å². The normalized spacial score (nSPS) is 10.5. The number of carbonyl (C=O) groups excluding carboxylic acids is 1. The maximum atomic E-state index is 11.9. The van der Waals surface area contributed by atoms with E-state index in [1.165, 1.54) is 0 Å². The molecular formula is C17H22N2O3. The van der Waals surface area contributed by atoms with Gasteiger partial charge in [-0.3, -0.25) is 4.79 Å². The van der Waals surface area contributed by atoms with Crippen molar-refractivity contribution >= 4 is 5.91 Å². The molecule has 0 saturated heterocycles. The van der Waals surface area contributed by atoms with Crippen LogP contribution in [0, 0.1) is 6.92 Å². The number of nitrogens with zero attached hydrogens (tertiary/aromatic N) is 1. The summed E-state index contributed by atoms with van der Waals surface area (Å²) in [6, 6.07) is 7.52. The molecule has 0 aliphatic heterocycles. The monoisotopic (exact) mass is 302 g/mol. The van der Waals surface area contributed by atoms with E-state index in [1.54, 1.807) is 7.11 Å². The number of nitrogens with one attached hydrogen (secondary N) is 1. The molecule has 5 heteroatoms. The van der Waals surface area contributed by atoms with Gasteiger partial charge in [0.05, 0.1) is 24.8 Å². The second-order valence-electron chi connectivity index (χ2n) is 5.10. The van der Waals surface area contributed by atoms with Crippen LogP contribution < -0.4 is 10.1 Å². The molecular weight excluding hydrogens is 280 g/mol. The average molecular weight is 302 g/mol. The number of hydrogen-bond donors (Lipinski definition) is 1. The van der Waals surface area contributed by atoms with E-state index in [4.69, 9.17) is 9.15 Å². The summed E-state index contributed by atoms with van der Waals surface area (Å²) < 4.78 is 11.0. The van der Waals surface area contributed by atoms with Gasteiger partial charge < -0.3 is 14.5 Å². The number of hydrogen-bond acceptors (Lipinski definition) is 4. The van der Waals surface area contributed by atoms with Crippen molar-refractivity contribution in [3.05, 3.63) is 35.7 Å². The van der Waals surface area contributed by atoms with Gasteiger partial charge in [-0.05, 0) is 25.5 Å². The molecule has 22 heavy (non-hydrogen) atoms. The van der Waals surface area contributed by atoms with Gasteiger partial charge in [-0.15, -0.1) is 0 Å². The molecule has 2 rings (SSSR count). The Hall–Kier alpha value is -2.30. The second kappa shape index (κ2) is 7.64. The Balaban J connectivity index is 2.13. The summed E-state index contributed by atoms with van der Waals surface area (Å²) in [5.41, 5.74) is 1.45. The highest BCUT2D eigenvalue weighted by Crippen LogP contribution is 2.30. The zero-order chi connectivity index (χ0) is 15.9. The van der Waals surface area contributed by atoms with Crippen molar-refractivity contribution < 1.29 is 13.9 Å². The van der Waals surface area contributed by atoms with Crippen molar-refractivity contribution in [1.29, 1.82) is 0 Å². The smallest absolute Gasteiger partial charge is 0.230 e. The summed E-state index contributed by atoms with van der Waals surface area (Å²) in [6.45, 7) is 4.61. The molecule has 0 radical (unpaired) electrons. The van der Waals surface area contributed by atoms with Crippen molar-refractivity contribution in [3.63, 3.8) is 0 Å². The SMILES string of the molecule is CCCCNC(=O)Cc1nc(-c2ccccc2OC)oc1C. The summed E-state index contributed by atoms with van der Waals surface area (Å²) in [5, 5.41) is 2.89. The largest absolute Gasteiger partial charge is 0.496 e. The third-order valence-corrected chi connectivity index (χ3v) is 3.41. The zero-order valence-corrected chi connectivity index (χ0v) is 13.3. The highest BCUT2D eigenvalue weighted by atomic mass is 16.5. The molecule has 1 amide bonds. The van der Waals surface area contributed by atoms with Crippen molar-refractivity contribution in [2.45, 2.75) is 33.1 Å². The lowest BCUT2D eigenvalue weighted by Crippen LogP contribution is -2.26. The number of rotatable bonds is 7. The molecule has 1 N–H and O–H groups in total. The number of carbonyl (C=O) groups is 1. The lowest BCUT2D eigenvalue weighted by atomic mass is 10.2.